The number of rotatable bonds is 7. The molecule has 1 aromatic carbocycles. The fourth-order valence-corrected chi connectivity index (χ4v) is 4.15. The first-order valence-corrected chi connectivity index (χ1v) is 10.3. The van der Waals surface area contributed by atoms with Gasteiger partial charge < -0.3 is 14.8 Å². The van der Waals surface area contributed by atoms with Gasteiger partial charge in [-0.3, -0.25) is 0 Å². The minimum absolute atomic E-state index is 0.144. The average molecular weight is 406 g/mol. The smallest absolute Gasteiger partial charge is 0.358 e. The van der Waals surface area contributed by atoms with Crippen molar-refractivity contribution in [2.45, 2.75) is 11.3 Å². The molecular formula is C18H22N4O5S. The molecule has 1 N–H and O–H groups in total. The van der Waals surface area contributed by atoms with E-state index in [0.717, 1.165) is 5.56 Å². The van der Waals surface area contributed by atoms with Crippen molar-refractivity contribution in [3.05, 3.63) is 47.7 Å². The monoisotopic (exact) mass is 406 g/mol. The Morgan fingerprint density at radius 3 is 2.46 bits per heavy atom. The number of carbonyl (C=O) groups excluding carboxylic acids is 1. The Balaban J connectivity index is 1.54. The van der Waals surface area contributed by atoms with Crippen molar-refractivity contribution < 1.29 is 22.7 Å². The molecule has 0 saturated carbocycles. The van der Waals surface area contributed by atoms with Crippen molar-refractivity contribution in [1.29, 1.82) is 0 Å². The van der Waals surface area contributed by atoms with Crippen LogP contribution in [0.25, 0.3) is 0 Å². The molecule has 1 aliphatic rings. The largest absolute Gasteiger partial charge is 0.464 e. The number of sulfonamides is 1. The zero-order chi connectivity index (χ0) is 20.0. The molecule has 0 atom stereocenters. The van der Waals surface area contributed by atoms with E-state index in [0.29, 0.717) is 45.1 Å². The van der Waals surface area contributed by atoms with Gasteiger partial charge in [0.1, 0.15) is 5.82 Å². The van der Waals surface area contributed by atoms with Crippen LogP contribution in [0, 0.1) is 0 Å². The van der Waals surface area contributed by atoms with Gasteiger partial charge in [0, 0.05) is 19.6 Å². The van der Waals surface area contributed by atoms with Gasteiger partial charge in [-0.05, 0) is 36.2 Å². The molecule has 2 aromatic rings. The number of ether oxygens (including phenoxy) is 2. The summed E-state index contributed by atoms with van der Waals surface area (Å²) in [5, 5.41) is 10.8. The first-order chi connectivity index (χ1) is 13.5. The summed E-state index contributed by atoms with van der Waals surface area (Å²) in [5.74, 6) is 0.00494. The van der Waals surface area contributed by atoms with Crippen LogP contribution in [0.5, 0.6) is 0 Å². The lowest BCUT2D eigenvalue weighted by Crippen LogP contribution is -2.40. The number of aromatic nitrogens is 2. The lowest BCUT2D eigenvalue weighted by atomic mass is 10.1. The van der Waals surface area contributed by atoms with E-state index in [1.807, 2.05) is 0 Å². The molecule has 2 heterocycles. The highest BCUT2D eigenvalue weighted by molar-refractivity contribution is 7.89. The Kier molecular flexibility index (Phi) is 6.55. The molecule has 1 fully saturated rings. The summed E-state index contributed by atoms with van der Waals surface area (Å²) in [7, 11) is -2.19. The topological polar surface area (TPSA) is 111 Å². The Bertz CT molecular complexity index is 895. The molecule has 0 amide bonds. The minimum atomic E-state index is -3.47. The molecule has 10 heteroatoms. The van der Waals surface area contributed by atoms with Gasteiger partial charge in [-0.25, -0.2) is 13.2 Å². The highest BCUT2D eigenvalue weighted by Gasteiger charge is 2.25. The highest BCUT2D eigenvalue weighted by atomic mass is 32.2. The van der Waals surface area contributed by atoms with Crippen LogP contribution in [0.2, 0.25) is 0 Å². The van der Waals surface area contributed by atoms with Crippen LogP contribution < -0.4 is 5.32 Å². The average Bonchev–Trinajstić information content (AvgIpc) is 2.74. The third-order valence-corrected chi connectivity index (χ3v) is 6.22. The summed E-state index contributed by atoms with van der Waals surface area (Å²) in [5.41, 5.74) is 1.14. The third kappa shape index (κ3) is 4.83. The van der Waals surface area contributed by atoms with Gasteiger partial charge in [0.2, 0.25) is 10.0 Å². The van der Waals surface area contributed by atoms with Crippen molar-refractivity contribution >= 4 is 21.8 Å². The van der Waals surface area contributed by atoms with Crippen molar-refractivity contribution in [1.82, 2.24) is 14.5 Å². The van der Waals surface area contributed by atoms with Gasteiger partial charge in [0.25, 0.3) is 0 Å². The van der Waals surface area contributed by atoms with Crippen LogP contribution in [-0.4, -0.2) is 68.8 Å². The molecule has 1 aliphatic heterocycles. The maximum absolute atomic E-state index is 12.6. The van der Waals surface area contributed by atoms with Crippen LogP contribution in [0.3, 0.4) is 0 Å². The number of benzene rings is 1. The van der Waals surface area contributed by atoms with E-state index in [4.69, 9.17) is 4.74 Å². The van der Waals surface area contributed by atoms with Crippen molar-refractivity contribution in [3.63, 3.8) is 0 Å². The number of morpholine rings is 1. The van der Waals surface area contributed by atoms with E-state index in [-0.39, 0.29) is 10.6 Å². The van der Waals surface area contributed by atoms with E-state index in [2.05, 4.69) is 20.3 Å². The van der Waals surface area contributed by atoms with Crippen molar-refractivity contribution in [2.75, 3.05) is 45.3 Å². The Labute approximate surface area is 163 Å². The number of hydrogen-bond acceptors (Lipinski definition) is 8. The minimum Gasteiger partial charge on any atom is -0.464 e. The first kappa shape index (κ1) is 20.2. The van der Waals surface area contributed by atoms with Crippen molar-refractivity contribution in [2.24, 2.45) is 0 Å². The summed E-state index contributed by atoms with van der Waals surface area (Å²) in [4.78, 5) is 11.6. The summed E-state index contributed by atoms with van der Waals surface area (Å²) < 4.78 is 36.4. The molecule has 3 rings (SSSR count). The fraction of sp³-hybridized carbons (Fsp3) is 0.389. The predicted octanol–water partition coefficient (Wildman–Crippen LogP) is 0.939. The van der Waals surface area contributed by atoms with Crippen molar-refractivity contribution in [3.8, 4) is 0 Å². The van der Waals surface area contributed by atoms with Gasteiger partial charge >= 0.3 is 5.97 Å². The van der Waals surface area contributed by atoms with Crippen LogP contribution >= 0.6 is 0 Å². The fourth-order valence-electron chi connectivity index (χ4n) is 2.74. The Hall–Kier alpha value is -2.56. The number of esters is 1. The zero-order valence-electron chi connectivity index (χ0n) is 15.5. The van der Waals surface area contributed by atoms with E-state index in [9.17, 15) is 13.2 Å². The predicted molar refractivity (Wildman–Crippen MR) is 102 cm³/mol. The SMILES string of the molecule is COC(=O)c1ccc(NCCc2ccc(S(=O)(=O)N3CCOCC3)cc2)nn1. The van der Waals surface area contributed by atoms with Gasteiger partial charge in [0.15, 0.2) is 5.69 Å². The number of carbonyl (C=O) groups is 1. The van der Waals surface area contributed by atoms with E-state index in [1.165, 1.54) is 17.5 Å². The molecule has 28 heavy (non-hydrogen) atoms. The zero-order valence-corrected chi connectivity index (χ0v) is 16.3. The quantitative estimate of drug-likeness (QED) is 0.677. The van der Waals surface area contributed by atoms with Crippen LogP contribution in [0.4, 0.5) is 5.82 Å². The Morgan fingerprint density at radius 1 is 1.14 bits per heavy atom. The molecule has 0 radical (unpaired) electrons. The van der Waals surface area contributed by atoms with Crippen LogP contribution in [0.15, 0.2) is 41.3 Å². The Morgan fingerprint density at radius 2 is 1.86 bits per heavy atom. The lowest BCUT2D eigenvalue weighted by Gasteiger charge is -2.26. The van der Waals surface area contributed by atoms with Gasteiger partial charge in [-0.1, -0.05) is 12.1 Å². The lowest BCUT2D eigenvalue weighted by molar-refractivity contribution is 0.0592. The molecule has 1 aromatic heterocycles. The molecule has 0 aliphatic carbocycles. The third-order valence-electron chi connectivity index (χ3n) is 4.31. The molecule has 0 unspecified atom stereocenters. The molecule has 0 spiro atoms. The normalized spacial score (nSPS) is 15.2. The molecule has 0 bridgehead atoms. The van der Waals surface area contributed by atoms with Crippen LogP contribution in [-0.2, 0) is 25.9 Å². The van der Waals surface area contributed by atoms with Gasteiger partial charge in [-0.2, -0.15) is 4.31 Å². The van der Waals surface area contributed by atoms with Gasteiger partial charge in [-0.15, -0.1) is 10.2 Å². The summed E-state index contributed by atoms with van der Waals surface area (Å²) in [6.45, 7) is 2.19. The second-order valence-corrected chi connectivity index (χ2v) is 8.07. The second kappa shape index (κ2) is 9.09. The molecule has 1 saturated heterocycles. The summed E-state index contributed by atoms with van der Waals surface area (Å²) in [6.07, 6.45) is 0.679. The second-order valence-electron chi connectivity index (χ2n) is 6.13. The number of nitrogens with zero attached hydrogens (tertiary/aromatic N) is 3. The first-order valence-electron chi connectivity index (χ1n) is 8.83. The standard InChI is InChI=1S/C18H22N4O5S/c1-26-18(23)16-6-7-17(21-20-16)19-9-8-14-2-4-15(5-3-14)28(24,25)22-10-12-27-13-11-22/h2-7H,8-13H2,1H3,(H,19,21). The molecular weight excluding hydrogens is 384 g/mol. The number of nitrogens with one attached hydrogen (secondary N) is 1. The maximum Gasteiger partial charge on any atom is 0.358 e. The van der Waals surface area contributed by atoms with Gasteiger partial charge in [0.05, 0.1) is 25.2 Å². The van der Waals surface area contributed by atoms with E-state index >= 15 is 0 Å². The van der Waals surface area contributed by atoms with Crippen LogP contribution in [0.1, 0.15) is 16.1 Å². The highest BCUT2D eigenvalue weighted by Crippen LogP contribution is 2.18. The number of hydrogen-bond donors (Lipinski definition) is 1. The van der Waals surface area contributed by atoms with E-state index < -0.39 is 16.0 Å². The number of anilines is 1. The maximum atomic E-state index is 12.6. The summed E-state index contributed by atoms with van der Waals surface area (Å²) >= 11 is 0. The van der Waals surface area contributed by atoms with E-state index in [1.54, 1.807) is 30.3 Å². The summed E-state index contributed by atoms with van der Waals surface area (Å²) in [6, 6.07) is 10.1. The molecule has 9 nitrogen and oxygen atoms in total. The molecule has 150 valence electrons. The number of methoxy groups -OCH3 is 1.